The van der Waals surface area contributed by atoms with Crippen molar-refractivity contribution < 1.29 is 14.3 Å². The summed E-state index contributed by atoms with van der Waals surface area (Å²) in [7, 11) is 1.60. The maximum atomic E-state index is 12.1. The molecule has 0 aliphatic rings. The third-order valence-electron chi connectivity index (χ3n) is 4.68. The van der Waals surface area contributed by atoms with Crippen LogP contribution in [0.5, 0.6) is 11.5 Å². The molecule has 0 aromatic heterocycles. The van der Waals surface area contributed by atoms with Crippen molar-refractivity contribution in [1.29, 1.82) is 0 Å². The topological polar surface area (TPSA) is 59.6 Å². The second-order valence-corrected chi connectivity index (χ2v) is 7.10. The van der Waals surface area contributed by atoms with Crippen LogP contribution in [0.15, 0.2) is 72.8 Å². The quantitative estimate of drug-likeness (QED) is 0.493. The molecule has 2 N–H and O–H groups in total. The Bertz CT molecular complexity index is 940. The van der Waals surface area contributed by atoms with Crippen LogP contribution in [0.2, 0.25) is 0 Å². The molecular weight excluding hydrogens is 376 g/mol. The van der Waals surface area contributed by atoms with Gasteiger partial charge in [0.15, 0.2) is 18.1 Å². The standard InChI is InChI=1S/C25H28N2O3/c1-19-8-11-22(12-9-19)27-25(28)18-30-23-13-10-21(16-24(23)29-2)17-26-15-14-20-6-4-3-5-7-20/h3-13,16,26H,14-15,17-18H2,1-2H3,(H,27,28). The first-order valence-electron chi connectivity index (χ1n) is 10.0. The van der Waals surface area contributed by atoms with E-state index in [1.807, 2.05) is 55.5 Å². The van der Waals surface area contributed by atoms with Gasteiger partial charge in [-0.25, -0.2) is 0 Å². The van der Waals surface area contributed by atoms with Gasteiger partial charge < -0.3 is 20.1 Å². The molecule has 3 aromatic rings. The van der Waals surface area contributed by atoms with Gasteiger partial charge in [-0.2, -0.15) is 0 Å². The highest BCUT2D eigenvalue weighted by atomic mass is 16.5. The number of hydrogen-bond donors (Lipinski definition) is 2. The molecule has 0 saturated heterocycles. The third kappa shape index (κ3) is 6.64. The number of rotatable bonds is 10. The molecule has 0 spiro atoms. The fourth-order valence-corrected chi connectivity index (χ4v) is 3.03. The van der Waals surface area contributed by atoms with Crippen LogP contribution in [0.4, 0.5) is 5.69 Å². The zero-order valence-electron chi connectivity index (χ0n) is 17.5. The summed E-state index contributed by atoms with van der Waals surface area (Å²) in [6.45, 7) is 3.55. The Balaban J connectivity index is 1.47. The molecule has 0 saturated carbocycles. The molecule has 1 amide bonds. The Morgan fingerprint density at radius 1 is 0.900 bits per heavy atom. The van der Waals surface area contributed by atoms with E-state index in [0.717, 1.165) is 36.3 Å². The lowest BCUT2D eigenvalue weighted by Gasteiger charge is -2.13. The average Bonchev–Trinajstić information content (AvgIpc) is 2.78. The van der Waals surface area contributed by atoms with Crippen molar-refractivity contribution in [3.63, 3.8) is 0 Å². The van der Waals surface area contributed by atoms with E-state index < -0.39 is 0 Å². The van der Waals surface area contributed by atoms with Gasteiger partial charge in [-0.3, -0.25) is 4.79 Å². The summed E-state index contributed by atoms with van der Waals surface area (Å²) in [5.74, 6) is 0.942. The van der Waals surface area contributed by atoms with Crippen LogP contribution in [0.3, 0.4) is 0 Å². The minimum absolute atomic E-state index is 0.0844. The number of carbonyl (C=O) groups is 1. The molecule has 0 heterocycles. The van der Waals surface area contributed by atoms with Gasteiger partial charge in [0.25, 0.3) is 5.91 Å². The highest BCUT2D eigenvalue weighted by molar-refractivity contribution is 5.91. The number of anilines is 1. The lowest BCUT2D eigenvalue weighted by Crippen LogP contribution is -2.20. The number of aryl methyl sites for hydroxylation is 1. The number of ether oxygens (including phenoxy) is 2. The lowest BCUT2D eigenvalue weighted by molar-refractivity contribution is -0.118. The largest absolute Gasteiger partial charge is 0.493 e. The Hall–Kier alpha value is -3.31. The fourth-order valence-electron chi connectivity index (χ4n) is 3.03. The first kappa shape index (κ1) is 21.4. The van der Waals surface area contributed by atoms with E-state index in [2.05, 4.69) is 34.9 Å². The maximum absolute atomic E-state index is 12.1. The highest BCUT2D eigenvalue weighted by Crippen LogP contribution is 2.28. The zero-order valence-corrected chi connectivity index (χ0v) is 17.5. The summed E-state index contributed by atoms with van der Waals surface area (Å²) in [5, 5.41) is 6.26. The van der Waals surface area contributed by atoms with Gasteiger partial charge >= 0.3 is 0 Å². The average molecular weight is 405 g/mol. The molecule has 30 heavy (non-hydrogen) atoms. The monoisotopic (exact) mass is 404 g/mol. The lowest BCUT2D eigenvalue weighted by atomic mass is 10.1. The summed E-state index contributed by atoms with van der Waals surface area (Å²) >= 11 is 0. The molecule has 5 nitrogen and oxygen atoms in total. The molecule has 0 aliphatic heterocycles. The Morgan fingerprint density at radius 3 is 2.40 bits per heavy atom. The van der Waals surface area contributed by atoms with Gasteiger partial charge in [0.2, 0.25) is 0 Å². The maximum Gasteiger partial charge on any atom is 0.262 e. The van der Waals surface area contributed by atoms with Gasteiger partial charge in [-0.15, -0.1) is 0 Å². The smallest absolute Gasteiger partial charge is 0.262 e. The van der Waals surface area contributed by atoms with Gasteiger partial charge in [-0.05, 0) is 55.3 Å². The van der Waals surface area contributed by atoms with Crippen LogP contribution < -0.4 is 20.1 Å². The van der Waals surface area contributed by atoms with Crippen molar-refractivity contribution in [2.45, 2.75) is 19.9 Å². The van der Waals surface area contributed by atoms with Crippen molar-refractivity contribution in [3.05, 3.63) is 89.5 Å². The summed E-state index contributed by atoms with van der Waals surface area (Å²) in [4.78, 5) is 12.1. The summed E-state index contributed by atoms with van der Waals surface area (Å²) in [5.41, 5.74) is 4.30. The minimum Gasteiger partial charge on any atom is -0.493 e. The number of amides is 1. The molecule has 3 aromatic carbocycles. The second-order valence-electron chi connectivity index (χ2n) is 7.10. The van der Waals surface area contributed by atoms with Crippen LogP contribution in [-0.2, 0) is 17.8 Å². The second kappa shape index (κ2) is 11.0. The molecule has 0 unspecified atom stereocenters. The van der Waals surface area contributed by atoms with Crippen LogP contribution in [-0.4, -0.2) is 26.2 Å². The molecule has 0 radical (unpaired) electrons. The number of carbonyl (C=O) groups excluding carboxylic acids is 1. The number of hydrogen-bond acceptors (Lipinski definition) is 4. The van der Waals surface area contributed by atoms with E-state index in [-0.39, 0.29) is 12.5 Å². The Morgan fingerprint density at radius 2 is 1.67 bits per heavy atom. The van der Waals surface area contributed by atoms with E-state index in [4.69, 9.17) is 9.47 Å². The van der Waals surface area contributed by atoms with Crippen LogP contribution in [0.25, 0.3) is 0 Å². The van der Waals surface area contributed by atoms with E-state index >= 15 is 0 Å². The summed E-state index contributed by atoms with van der Waals surface area (Å²) < 4.78 is 11.1. The van der Waals surface area contributed by atoms with Gasteiger partial charge in [-0.1, -0.05) is 54.1 Å². The third-order valence-corrected chi connectivity index (χ3v) is 4.68. The van der Waals surface area contributed by atoms with Gasteiger partial charge in [0.05, 0.1) is 7.11 Å². The van der Waals surface area contributed by atoms with Crippen LogP contribution >= 0.6 is 0 Å². The molecule has 5 heteroatoms. The number of methoxy groups -OCH3 is 1. The molecular formula is C25H28N2O3. The van der Waals surface area contributed by atoms with Crippen LogP contribution in [0.1, 0.15) is 16.7 Å². The Kier molecular flexibility index (Phi) is 7.86. The first-order chi connectivity index (χ1) is 14.6. The number of nitrogens with one attached hydrogen (secondary N) is 2. The van der Waals surface area contributed by atoms with Gasteiger partial charge in [0, 0.05) is 12.2 Å². The molecule has 156 valence electrons. The van der Waals surface area contributed by atoms with E-state index in [1.165, 1.54) is 5.56 Å². The first-order valence-corrected chi connectivity index (χ1v) is 10.0. The van der Waals surface area contributed by atoms with Crippen molar-refractivity contribution in [2.24, 2.45) is 0 Å². The highest BCUT2D eigenvalue weighted by Gasteiger charge is 2.09. The van der Waals surface area contributed by atoms with Crippen molar-refractivity contribution in [1.82, 2.24) is 5.32 Å². The van der Waals surface area contributed by atoms with Crippen molar-refractivity contribution in [2.75, 3.05) is 25.6 Å². The van der Waals surface area contributed by atoms with Crippen molar-refractivity contribution >= 4 is 11.6 Å². The van der Waals surface area contributed by atoms with E-state index in [0.29, 0.717) is 11.5 Å². The predicted molar refractivity (Wildman–Crippen MR) is 120 cm³/mol. The van der Waals surface area contributed by atoms with E-state index in [1.54, 1.807) is 7.11 Å². The molecule has 3 rings (SSSR count). The molecule has 0 bridgehead atoms. The molecule has 0 fully saturated rings. The van der Waals surface area contributed by atoms with Crippen molar-refractivity contribution in [3.8, 4) is 11.5 Å². The molecule has 0 atom stereocenters. The van der Waals surface area contributed by atoms with Gasteiger partial charge in [0.1, 0.15) is 0 Å². The SMILES string of the molecule is COc1cc(CNCCc2ccccc2)ccc1OCC(=O)Nc1ccc(C)cc1. The fraction of sp³-hybridized carbons (Fsp3) is 0.240. The minimum atomic E-state index is -0.215. The predicted octanol–water partition coefficient (Wildman–Crippen LogP) is 4.35. The molecule has 0 aliphatic carbocycles. The number of benzene rings is 3. The normalized spacial score (nSPS) is 10.5. The van der Waals surface area contributed by atoms with Crippen LogP contribution in [0, 0.1) is 6.92 Å². The zero-order chi connectivity index (χ0) is 21.2. The summed E-state index contributed by atoms with van der Waals surface area (Å²) in [6, 6.07) is 23.8. The summed E-state index contributed by atoms with van der Waals surface area (Å²) in [6.07, 6.45) is 0.981. The van der Waals surface area contributed by atoms with E-state index in [9.17, 15) is 4.79 Å². The Labute approximate surface area is 178 Å².